The molecule has 1 heterocycles. The molecule has 1 rings (SSSR count). The van der Waals surface area contributed by atoms with E-state index in [0.29, 0.717) is 19.4 Å². The molecule has 0 radical (unpaired) electrons. The fourth-order valence-corrected chi connectivity index (χ4v) is 1.59. The van der Waals surface area contributed by atoms with Crippen LogP contribution in [0, 0.1) is 0 Å². The van der Waals surface area contributed by atoms with Gasteiger partial charge in [0.15, 0.2) is 18.7 Å². The van der Waals surface area contributed by atoms with Crippen molar-refractivity contribution in [2.45, 2.75) is 45.4 Å². The lowest BCUT2D eigenvalue weighted by atomic mass is 10.1. The Morgan fingerprint density at radius 1 is 1.47 bits per heavy atom. The zero-order chi connectivity index (χ0) is 11.3. The molecule has 1 aliphatic rings. The van der Waals surface area contributed by atoms with Crippen LogP contribution in [0.4, 0.5) is 0 Å². The van der Waals surface area contributed by atoms with Crippen molar-refractivity contribution in [2.24, 2.45) is 0 Å². The predicted molar refractivity (Wildman–Crippen MR) is 52.1 cm³/mol. The van der Waals surface area contributed by atoms with Crippen LogP contribution in [0.15, 0.2) is 0 Å². The lowest BCUT2D eigenvalue weighted by Gasteiger charge is -2.34. The van der Waals surface area contributed by atoms with Gasteiger partial charge in [0.25, 0.3) is 0 Å². The quantitative estimate of drug-likeness (QED) is 0.660. The van der Waals surface area contributed by atoms with E-state index in [9.17, 15) is 4.79 Å². The Balaban J connectivity index is 2.45. The van der Waals surface area contributed by atoms with Crippen molar-refractivity contribution in [3.8, 4) is 0 Å². The highest BCUT2D eigenvalue weighted by molar-refractivity contribution is 5.66. The van der Waals surface area contributed by atoms with Gasteiger partial charge < -0.3 is 18.9 Å². The van der Waals surface area contributed by atoms with Gasteiger partial charge in [-0.2, -0.15) is 0 Å². The molecule has 1 aliphatic heterocycles. The van der Waals surface area contributed by atoms with Crippen LogP contribution in [-0.4, -0.2) is 38.4 Å². The molecule has 0 spiro atoms. The number of rotatable bonds is 4. The van der Waals surface area contributed by atoms with Gasteiger partial charge >= 0.3 is 5.97 Å². The largest absolute Gasteiger partial charge is 0.457 e. The Morgan fingerprint density at radius 2 is 2.20 bits per heavy atom. The Hall–Kier alpha value is -0.650. The van der Waals surface area contributed by atoms with Gasteiger partial charge in [0.2, 0.25) is 0 Å². The summed E-state index contributed by atoms with van der Waals surface area (Å²) in [5, 5.41) is 0. The molecule has 0 aliphatic carbocycles. The maximum absolute atomic E-state index is 10.8. The molecule has 1 fully saturated rings. The van der Waals surface area contributed by atoms with Gasteiger partial charge in [-0.15, -0.1) is 0 Å². The van der Waals surface area contributed by atoms with Gasteiger partial charge in [0.05, 0.1) is 0 Å². The van der Waals surface area contributed by atoms with Crippen molar-refractivity contribution in [3.05, 3.63) is 0 Å². The molecular weight excluding hydrogens is 200 g/mol. The summed E-state index contributed by atoms with van der Waals surface area (Å²) in [5.41, 5.74) is 0. The third-order valence-corrected chi connectivity index (χ3v) is 2.18. The first-order valence-corrected chi connectivity index (χ1v) is 5.14. The van der Waals surface area contributed by atoms with Crippen molar-refractivity contribution < 1.29 is 23.7 Å². The standard InChI is InChI=1S/C10H18O5/c1-4-13-9-6-5-8(14-7(2)11)10(12-3)15-9/h8-10H,4-6H2,1-3H3/t8-,9?,10-/m1/s1. The Kier molecular flexibility index (Phi) is 5.01. The van der Waals surface area contributed by atoms with Crippen LogP contribution in [0.3, 0.4) is 0 Å². The minimum absolute atomic E-state index is 0.258. The third-order valence-electron chi connectivity index (χ3n) is 2.18. The summed E-state index contributed by atoms with van der Waals surface area (Å²) < 4.78 is 21.0. The topological polar surface area (TPSA) is 54.0 Å². The Bertz CT molecular complexity index is 206. The van der Waals surface area contributed by atoms with Crippen LogP contribution in [-0.2, 0) is 23.7 Å². The van der Waals surface area contributed by atoms with E-state index in [1.54, 1.807) is 0 Å². The molecule has 0 bridgehead atoms. The highest BCUT2D eigenvalue weighted by Crippen LogP contribution is 2.23. The van der Waals surface area contributed by atoms with Crippen molar-refractivity contribution >= 4 is 5.97 Å². The van der Waals surface area contributed by atoms with Gasteiger partial charge in [-0.3, -0.25) is 4.79 Å². The Morgan fingerprint density at radius 3 is 2.73 bits per heavy atom. The summed E-state index contributed by atoms with van der Waals surface area (Å²) in [4.78, 5) is 10.8. The van der Waals surface area contributed by atoms with E-state index in [4.69, 9.17) is 18.9 Å². The summed E-state index contributed by atoms with van der Waals surface area (Å²) in [6.07, 6.45) is 0.296. The predicted octanol–water partition coefficient (Wildman–Crippen LogP) is 1.06. The van der Waals surface area contributed by atoms with Crippen LogP contribution in [0.5, 0.6) is 0 Å². The van der Waals surface area contributed by atoms with Gasteiger partial charge in [-0.1, -0.05) is 0 Å². The Labute approximate surface area is 89.6 Å². The van der Waals surface area contributed by atoms with Crippen molar-refractivity contribution in [3.63, 3.8) is 0 Å². The van der Waals surface area contributed by atoms with Crippen LogP contribution in [0.1, 0.15) is 26.7 Å². The fraction of sp³-hybridized carbons (Fsp3) is 0.900. The van der Waals surface area contributed by atoms with E-state index in [-0.39, 0.29) is 18.4 Å². The van der Waals surface area contributed by atoms with Crippen molar-refractivity contribution in [1.29, 1.82) is 0 Å². The molecule has 1 saturated heterocycles. The summed E-state index contributed by atoms with van der Waals surface area (Å²) in [6, 6.07) is 0. The first kappa shape index (κ1) is 12.4. The molecule has 3 atom stereocenters. The number of ether oxygens (including phenoxy) is 4. The minimum Gasteiger partial charge on any atom is -0.457 e. The molecule has 0 aromatic carbocycles. The van der Waals surface area contributed by atoms with Gasteiger partial charge in [-0.25, -0.2) is 0 Å². The minimum atomic E-state index is -0.529. The van der Waals surface area contributed by atoms with Gasteiger partial charge in [0.1, 0.15) is 0 Å². The molecule has 0 saturated carbocycles. The molecule has 0 aromatic rings. The maximum Gasteiger partial charge on any atom is 0.303 e. The highest BCUT2D eigenvalue weighted by Gasteiger charge is 2.33. The smallest absolute Gasteiger partial charge is 0.303 e. The molecule has 15 heavy (non-hydrogen) atoms. The normalized spacial score (nSPS) is 31.3. The van der Waals surface area contributed by atoms with E-state index >= 15 is 0 Å². The summed E-state index contributed by atoms with van der Waals surface area (Å²) >= 11 is 0. The van der Waals surface area contributed by atoms with Crippen LogP contribution in [0.25, 0.3) is 0 Å². The third kappa shape index (κ3) is 3.77. The molecule has 5 heteroatoms. The van der Waals surface area contributed by atoms with Gasteiger partial charge in [-0.05, 0) is 13.3 Å². The summed E-state index contributed by atoms with van der Waals surface area (Å²) in [7, 11) is 1.52. The lowest BCUT2D eigenvalue weighted by molar-refractivity contribution is -0.292. The summed E-state index contributed by atoms with van der Waals surface area (Å²) in [6.45, 7) is 3.88. The molecule has 88 valence electrons. The lowest BCUT2D eigenvalue weighted by Crippen LogP contribution is -2.43. The highest BCUT2D eigenvalue weighted by atomic mass is 16.8. The number of carbonyl (C=O) groups excluding carboxylic acids is 1. The van der Waals surface area contributed by atoms with E-state index in [2.05, 4.69) is 0 Å². The number of esters is 1. The molecule has 5 nitrogen and oxygen atoms in total. The average molecular weight is 218 g/mol. The average Bonchev–Trinajstić information content (AvgIpc) is 2.20. The first-order valence-electron chi connectivity index (χ1n) is 5.14. The van der Waals surface area contributed by atoms with Crippen LogP contribution < -0.4 is 0 Å². The zero-order valence-electron chi connectivity index (χ0n) is 9.39. The van der Waals surface area contributed by atoms with E-state index < -0.39 is 6.29 Å². The van der Waals surface area contributed by atoms with Crippen LogP contribution in [0.2, 0.25) is 0 Å². The molecule has 0 aromatic heterocycles. The van der Waals surface area contributed by atoms with E-state index in [1.807, 2.05) is 6.92 Å². The molecule has 1 unspecified atom stereocenters. The SMILES string of the molecule is CCOC1CC[C@@H](OC(C)=O)[C@H](OC)O1. The van der Waals surface area contributed by atoms with E-state index in [1.165, 1.54) is 14.0 Å². The van der Waals surface area contributed by atoms with Gasteiger partial charge in [0, 0.05) is 27.1 Å². The second-order valence-electron chi connectivity index (χ2n) is 3.35. The van der Waals surface area contributed by atoms with Crippen molar-refractivity contribution in [2.75, 3.05) is 13.7 Å². The zero-order valence-corrected chi connectivity index (χ0v) is 9.39. The number of hydrogen-bond acceptors (Lipinski definition) is 5. The van der Waals surface area contributed by atoms with E-state index in [0.717, 1.165) is 0 Å². The number of methoxy groups -OCH3 is 1. The first-order chi connectivity index (χ1) is 7.17. The summed E-state index contributed by atoms with van der Waals surface area (Å²) in [5.74, 6) is -0.319. The molecular formula is C10H18O5. The molecule has 0 N–H and O–H groups in total. The molecule has 0 amide bonds. The monoisotopic (exact) mass is 218 g/mol. The number of hydrogen-bond donors (Lipinski definition) is 0. The number of carbonyl (C=O) groups is 1. The fourth-order valence-electron chi connectivity index (χ4n) is 1.59. The van der Waals surface area contributed by atoms with Crippen LogP contribution >= 0.6 is 0 Å². The van der Waals surface area contributed by atoms with Crippen molar-refractivity contribution in [1.82, 2.24) is 0 Å². The second kappa shape index (κ2) is 6.05. The maximum atomic E-state index is 10.8. The second-order valence-corrected chi connectivity index (χ2v) is 3.35.